The number of hydrogen-bond donors (Lipinski definition) is 2. The highest BCUT2D eigenvalue weighted by Crippen LogP contribution is 2.55. The third kappa shape index (κ3) is 4.55. The number of halogens is 1. The Morgan fingerprint density at radius 3 is 2.10 bits per heavy atom. The molecule has 0 unspecified atom stereocenters. The molecule has 2 aromatic rings. The third-order valence-corrected chi connectivity index (χ3v) is 9.51. The van der Waals surface area contributed by atoms with Gasteiger partial charge in [0, 0.05) is 10.4 Å². The summed E-state index contributed by atoms with van der Waals surface area (Å²) < 4.78 is 1.12. The number of benzene rings is 1. The summed E-state index contributed by atoms with van der Waals surface area (Å²) in [7, 11) is 0. The van der Waals surface area contributed by atoms with Crippen molar-refractivity contribution in [2.75, 3.05) is 13.1 Å². The zero-order valence-corrected chi connectivity index (χ0v) is 20.3. The smallest absolute Gasteiger partial charge is 0.0966 e. The third-order valence-electron chi connectivity index (χ3n) is 7.61. The van der Waals surface area contributed by atoms with Gasteiger partial charge in [0.25, 0.3) is 0 Å². The molecule has 1 aromatic heterocycles. The van der Waals surface area contributed by atoms with Crippen LogP contribution in [0.25, 0.3) is 10.4 Å². The maximum atomic E-state index is 10.1. The topological polar surface area (TPSA) is 45.2 Å². The van der Waals surface area contributed by atoms with E-state index in [2.05, 4.69) is 52.4 Å². The molecule has 0 spiro atoms. The largest absolute Gasteiger partial charge is 0.390 e. The van der Waals surface area contributed by atoms with E-state index < -0.39 is 0 Å². The molecule has 5 fully saturated rings. The quantitative estimate of drug-likeness (QED) is 0.521. The zero-order valence-electron chi connectivity index (χ0n) is 17.9. The van der Waals surface area contributed by atoms with Gasteiger partial charge in [0.2, 0.25) is 0 Å². The van der Waals surface area contributed by atoms with E-state index in [1.54, 1.807) is 0 Å². The van der Waals surface area contributed by atoms with Crippen LogP contribution in [0.1, 0.15) is 68.0 Å². The molecule has 30 heavy (non-hydrogen) atoms. The Kier molecular flexibility index (Phi) is 6.09. The summed E-state index contributed by atoms with van der Waals surface area (Å²) in [5, 5.41) is 14.8. The standard InChI is InChI=1S/C15H17BrN2S.C10H16O/c1-10-14(11-2-4-13(16)5-3-11)19-15(18-10)12-6-8-17-9-7-12;11-10-4-7-1-8(5-10)3-9(2-7)6-10/h2-5,12,17H,6-9H2,1H3;7-9,11H,1-6H2. The van der Waals surface area contributed by atoms with Gasteiger partial charge in [-0.3, -0.25) is 0 Å². The van der Waals surface area contributed by atoms with Crippen LogP contribution < -0.4 is 5.32 Å². The van der Waals surface area contributed by atoms with Crippen LogP contribution in [0.2, 0.25) is 0 Å². The Bertz CT molecular complexity index is 836. The van der Waals surface area contributed by atoms with Crippen molar-refractivity contribution in [3.8, 4) is 10.4 Å². The van der Waals surface area contributed by atoms with Crippen molar-refractivity contribution in [1.82, 2.24) is 10.3 Å². The van der Waals surface area contributed by atoms with Gasteiger partial charge in [0.05, 0.1) is 21.2 Å². The number of thiazole rings is 1. The maximum absolute atomic E-state index is 10.1. The van der Waals surface area contributed by atoms with Gasteiger partial charge in [0.1, 0.15) is 0 Å². The fraction of sp³-hybridized carbons (Fsp3) is 0.640. The SMILES string of the molecule is Cc1nc(C2CCNCC2)sc1-c1ccc(Br)cc1.OC12CC3CC(CC(C3)C1)C2. The van der Waals surface area contributed by atoms with Crippen molar-refractivity contribution in [3.63, 3.8) is 0 Å². The summed E-state index contributed by atoms with van der Waals surface area (Å²) in [5.41, 5.74) is 2.24. The molecule has 1 saturated heterocycles. The molecule has 4 aliphatic carbocycles. The highest BCUT2D eigenvalue weighted by atomic mass is 79.9. The number of nitrogens with one attached hydrogen (secondary N) is 1. The summed E-state index contributed by atoms with van der Waals surface area (Å²) in [6.07, 6.45) is 10.1. The van der Waals surface area contributed by atoms with Gasteiger partial charge in [-0.15, -0.1) is 11.3 Å². The summed E-state index contributed by atoms with van der Waals surface area (Å²) in [5.74, 6) is 3.33. The molecule has 162 valence electrons. The Morgan fingerprint density at radius 2 is 1.57 bits per heavy atom. The summed E-state index contributed by atoms with van der Waals surface area (Å²) >= 11 is 5.36. The van der Waals surface area contributed by atoms with Gasteiger partial charge in [-0.25, -0.2) is 4.98 Å². The van der Waals surface area contributed by atoms with Crippen LogP contribution in [0.15, 0.2) is 28.7 Å². The van der Waals surface area contributed by atoms with E-state index in [1.165, 1.54) is 53.2 Å². The van der Waals surface area contributed by atoms with E-state index in [1.807, 2.05) is 11.3 Å². The molecule has 4 saturated carbocycles. The molecule has 1 aliphatic heterocycles. The minimum Gasteiger partial charge on any atom is -0.390 e. The molecule has 5 aliphatic rings. The van der Waals surface area contributed by atoms with Crippen molar-refractivity contribution >= 4 is 27.3 Å². The van der Waals surface area contributed by atoms with E-state index in [0.717, 1.165) is 54.6 Å². The number of piperidine rings is 1. The molecule has 3 nitrogen and oxygen atoms in total. The van der Waals surface area contributed by atoms with E-state index in [4.69, 9.17) is 4.98 Å². The lowest BCUT2D eigenvalue weighted by Gasteiger charge is -2.54. The van der Waals surface area contributed by atoms with Crippen LogP contribution in [0, 0.1) is 24.7 Å². The second-order valence-corrected chi connectivity index (χ2v) is 12.1. The van der Waals surface area contributed by atoms with Crippen molar-refractivity contribution in [1.29, 1.82) is 0 Å². The molecule has 0 amide bonds. The first-order chi connectivity index (χ1) is 14.5. The molecule has 5 heteroatoms. The molecule has 1 aromatic carbocycles. The van der Waals surface area contributed by atoms with Gasteiger partial charge in [-0.2, -0.15) is 0 Å². The second-order valence-electron chi connectivity index (χ2n) is 10.1. The Balaban J connectivity index is 0.000000147. The number of aryl methyl sites for hydroxylation is 1. The van der Waals surface area contributed by atoms with Crippen LogP contribution in [-0.4, -0.2) is 28.8 Å². The average Bonchev–Trinajstić information content (AvgIpc) is 3.10. The lowest BCUT2D eigenvalue weighted by Crippen LogP contribution is -2.50. The van der Waals surface area contributed by atoms with Crippen LogP contribution >= 0.6 is 27.3 Å². The van der Waals surface area contributed by atoms with Crippen LogP contribution in [0.3, 0.4) is 0 Å². The van der Waals surface area contributed by atoms with Gasteiger partial charge >= 0.3 is 0 Å². The number of aromatic nitrogens is 1. The minimum absolute atomic E-state index is 0.200. The number of hydrogen-bond acceptors (Lipinski definition) is 4. The van der Waals surface area contributed by atoms with E-state index in [0.29, 0.717) is 5.92 Å². The number of rotatable bonds is 2. The monoisotopic (exact) mass is 488 g/mol. The minimum atomic E-state index is -0.200. The lowest BCUT2D eigenvalue weighted by atomic mass is 9.54. The number of aliphatic hydroxyl groups is 1. The Labute approximate surface area is 192 Å². The van der Waals surface area contributed by atoms with Crippen LogP contribution in [0.4, 0.5) is 0 Å². The van der Waals surface area contributed by atoms with Crippen molar-refractivity contribution < 1.29 is 5.11 Å². The normalized spacial score (nSPS) is 32.7. The Hall–Kier alpha value is -0.750. The van der Waals surface area contributed by atoms with Crippen LogP contribution in [-0.2, 0) is 0 Å². The van der Waals surface area contributed by atoms with Gasteiger partial charge in [-0.05, 0) is 107 Å². The van der Waals surface area contributed by atoms with Crippen molar-refractivity contribution in [2.45, 2.75) is 69.8 Å². The molecular formula is C25H33BrN2OS. The van der Waals surface area contributed by atoms with Gasteiger partial charge in [-0.1, -0.05) is 28.1 Å². The average molecular weight is 490 g/mol. The summed E-state index contributed by atoms with van der Waals surface area (Å²) in [6, 6.07) is 8.52. The first kappa shape index (κ1) is 21.1. The molecule has 7 rings (SSSR count). The molecule has 0 atom stereocenters. The lowest BCUT2D eigenvalue weighted by molar-refractivity contribution is -0.124. The van der Waals surface area contributed by atoms with E-state index >= 15 is 0 Å². The van der Waals surface area contributed by atoms with Crippen molar-refractivity contribution in [3.05, 3.63) is 39.4 Å². The first-order valence-corrected chi connectivity index (χ1v) is 13.2. The van der Waals surface area contributed by atoms with Gasteiger partial charge < -0.3 is 10.4 Å². The molecule has 2 heterocycles. The highest BCUT2D eigenvalue weighted by molar-refractivity contribution is 9.10. The second kappa shape index (κ2) is 8.65. The fourth-order valence-electron chi connectivity index (χ4n) is 6.59. The summed E-state index contributed by atoms with van der Waals surface area (Å²) in [4.78, 5) is 6.13. The first-order valence-electron chi connectivity index (χ1n) is 11.6. The summed E-state index contributed by atoms with van der Waals surface area (Å²) in [6.45, 7) is 4.37. The Morgan fingerprint density at radius 1 is 1.00 bits per heavy atom. The molecular weight excluding hydrogens is 456 g/mol. The van der Waals surface area contributed by atoms with E-state index in [9.17, 15) is 5.11 Å². The molecule has 2 N–H and O–H groups in total. The van der Waals surface area contributed by atoms with Crippen LogP contribution in [0.5, 0.6) is 0 Å². The fourth-order valence-corrected chi connectivity index (χ4v) is 8.10. The number of nitrogens with zero attached hydrogens (tertiary/aromatic N) is 1. The predicted octanol–water partition coefficient (Wildman–Crippen LogP) is 6.30. The van der Waals surface area contributed by atoms with Gasteiger partial charge in [0.15, 0.2) is 0 Å². The molecule has 4 bridgehead atoms. The maximum Gasteiger partial charge on any atom is 0.0966 e. The van der Waals surface area contributed by atoms with E-state index in [-0.39, 0.29) is 5.60 Å². The highest BCUT2D eigenvalue weighted by Gasteiger charge is 2.49. The zero-order chi connectivity index (χ0) is 20.7. The molecule has 0 radical (unpaired) electrons. The predicted molar refractivity (Wildman–Crippen MR) is 128 cm³/mol. The van der Waals surface area contributed by atoms with Crippen molar-refractivity contribution in [2.24, 2.45) is 17.8 Å².